The third kappa shape index (κ3) is 4.63. The molecule has 0 heterocycles. The van der Waals surface area contributed by atoms with E-state index in [0.29, 0.717) is 17.9 Å². The van der Waals surface area contributed by atoms with Crippen molar-refractivity contribution in [3.63, 3.8) is 0 Å². The van der Waals surface area contributed by atoms with Crippen molar-refractivity contribution in [2.75, 3.05) is 27.4 Å². The number of nitrogens with one attached hydrogen (secondary N) is 1. The number of rotatable bonds is 8. The molecule has 1 N–H and O–H groups in total. The van der Waals surface area contributed by atoms with Gasteiger partial charge < -0.3 is 14.8 Å². The molecule has 1 atom stereocenters. The molecule has 4 heteroatoms. The molecule has 0 aromatic heterocycles. The van der Waals surface area contributed by atoms with Crippen LogP contribution < -0.4 is 10.1 Å². The molecule has 0 aliphatic carbocycles. The van der Waals surface area contributed by atoms with E-state index in [0.717, 1.165) is 19.4 Å². The van der Waals surface area contributed by atoms with Crippen LogP contribution in [0.25, 0.3) is 0 Å². The molecule has 18 heavy (non-hydrogen) atoms. The molecule has 3 nitrogen and oxygen atoms in total. The van der Waals surface area contributed by atoms with Crippen molar-refractivity contribution in [1.29, 1.82) is 0 Å². The van der Waals surface area contributed by atoms with Crippen molar-refractivity contribution >= 4 is 0 Å². The number of hydrogen-bond donors (Lipinski definition) is 1. The summed E-state index contributed by atoms with van der Waals surface area (Å²) in [5, 5.41) is 3.01. The van der Waals surface area contributed by atoms with Crippen LogP contribution in [0.1, 0.15) is 31.4 Å². The van der Waals surface area contributed by atoms with E-state index in [1.54, 1.807) is 13.2 Å². The fraction of sp³-hybridized carbons (Fsp3) is 0.571. The SMILES string of the molecule is CNC(C)c1ccc(OCCCCOC)cc1F. The second-order valence-electron chi connectivity index (χ2n) is 4.24. The zero-order valence-electron chi connectivity index (χ0n) is 11.3. The Morgan fingerprint density at radius 2 is 2.00 bits per heavy atom. The van der Waals surface area contributed by atoms with E-state index in [1.165, 1.54) is 6.07 Å². The standard InChI is InChI=1S/C14H22FNO2/c1-11(16-2)13-7-6-12(10-14(13)15)18-9-5-4-8-17-3/h6-7,10-11,16H,4-5,8-9H2,1-3H3. The third-order valence-electron chi connectivity index (χ3n) is 2.88. The van der Waals surface area contributed by atoms with E-state index >= 15 is 0 Å². The van der Waals surface area contributed by atoms with Gasteiger partial charge in [0.15, 0.2) is 0 Å². The third-order valence-corrected chi connectivity index (χ3v) is 2.88. The maximum absolute atomic E-state index is 13.8. The molecular formula is C14H22FNO2. The maximum atomic E-state index is 13.8. The van der Waals surface area contributed by atoms with Crippen LogP contribution in [0.3, 0.4) is 0 Å². The molecule has 0 bridgehead atoms. The molecule has 0 aliphatic heterocycles. The van der Waals surface area contributed by atoms with Crippen LogP contribution in [-0.4, -0.2) is 27.4 Å². The Balaban J connectivity index is 2.46. The van der Waals surface area contributed by atoms with Crippen LogP contribution in [-0.2, 0) is 4.74 Å². The van der Waals surface area contributed by atoms with Gasteiger partial charge in [0.1, 0.15) is 11.6 Å². The topological polar surface area (TPSA) is 30.5 Å². The van der Waals surface area contributed by atoms with Gasteiger partial charge >= 0.3 is 0 Å². The Morgan fingerprint density at radius 1 is 1.28 bits per heavy atom. The average molecular weight is 255 g/mol. The van der Waals surface area contributed by atoms with Gasteiger partial charge in [0.05, 0.1) is 6.61 Å². The highest BCUT2D eigenvalue weighted by molar-refractivity contribution is 5.30. The lowest BCUT2D eigenvalue weighted by Crippen LogP contribution is -2.13. The van der Waals surface area contributed by atoms with Crippen molar-refractivity contribution in [3.8, 4) is 5.75 Å². The zero-order chi connectivity index (χ0) is 13.4. The summed E-state index contributed by atoms with van der Waals surface area (Å²) < 4.78 is 24.2. The van der Waals surface area contributed by atoms with Crippen molar-refractivity contribution in [2.24, 2.45) is 0 Å². The van der Waals surface area contributed by atoms with Gasteiger partial charge in [-0.05, 0) is 32.9 Å². The quantitative estimate of drug-likeness (QED) is 0.724. The summed E-state index contributed by atoms with van der Waals surface area (Å²) in [6.07, 6.45) is 1.86. The van der Waals surface area contributed by atoms with Crippen LogP contribution in [0.4, 0.5) is 4.39 Å². The minimum Gasteiger partial charge on any atom is -0.493 e. The van der Waals surface area contributed by atoms with E-state index in [9.17, 15) is 4.39 Å². The molecule has 0 amide bonds. The fourth-order valence-electron chi connectivity index (χ4n) is 1.64. The molecule has 1 rings (SSSR count). The van der Waals surface area contributed by atoms with Gasteiger partial charge in [0, 0.05) is 31.4 Å². The number of benzene rings is 1. The van der Waals surface area contributed by atoms with Gasteiger partial charge in [-0.1, -0.05) is 6.07 Å². The van der Waals surface area contributed by atoms with E-state index in [1.807, 2.05) is 20.0 Å². The van der Waals surface area contributed by atoms with Crippen LogP contribution in [0.15, 0.2) is 18.2 Å². The van der Waals surface area contributed by atoms with Crippen LogP contribution in [0.5, 0.6) is 5.75 Å². The van der Waals surface area contributed by atoms with Crippen LogP contribution in [0, 0.1) is 5.82 Å². The van der Waals surface area contributed by atoms with Gasteiger partial charge in [-0.2, -0.15) is 0 Å². The predicted octanol–water partition coefficient (Wildman–Crippen LogP) is 2.91. The normalized spacial score (nSPS) is 12.4. The first kappa shape index (κ1) is 14.9. The van der Waals surface area contributed by atoms with Crippen molar-refractivity contribution < 1.29 is 13.9 Å². The number of halogens is 1. The van der Waals surface area contributed by atoms with Gasteiger partial charge in [-0.15, -0.1) is 0 Å². The molecule has 0 saturated heterocycles. The summed E-state index contributed by atoms with van der Waals surface area (Å²) in [5.41, 5.74) is 0.657. The smallest absolute Gasteiger partial charge is 0.131 e. The Hall–Kier alpha value is -1.13. The van der Waals surface area contributed by atoms with Gasteiger partial charge in [-0.3, -0.25) is 0 Å². The Bertz CT molecular complexity index is 358. The molecule has 0 fully saturated rings. The minimum absolute atomic E-state index is 0.000697. The molecule has 1 aromatic carbocycles. The van der Waals surface area contributed by atoms with Gasteiger partial charge in [-0.25, -0.2) is 4.39 Å². The lowest BCUT2D eigenvalue weighted by molar-refractivity contribution is 0.184. The summed E-state index contributed by atoms with van der Waals surface area (Å²) in [5.74, 6) is 0.350. The summed E-state index contributed by atoms with van der Waals surface area (Å²) in [4.78, 5) is 0. The number of ether oxygens (including phenoxy) is 2. The number of methoxy groups -OCH3 is 1. The highest BCUT2D eigenvalue weighted by Gasteiger charge is 2.09. The van der Waals surface area contributed by atoms with Crippen LogP contribution >= 0.6 is 0 Å². The molecule has 0 radical (unpaired) electrons. The Labute approximate surface area is 108 Å². The second kappa shape index (κ2) is 8.06. The van der Waals surface area contributed by atoms with Crippen LogP contribution in [0.2, 0.25) is 0 Å². The van der Waals surface area contributed by atoms with E-state index in [2.05, 4.69) is 5.32 Å². The summed E-state index contributed by atoms with van der Waals surface area (Å²) in [7, 11) is 3.49. The average Bonchev–Trinajstić information content (AvgIpc) is 2.38. The molecule has 1 unspecified atom stereocenters. The van der Waals surface area contributed by atoms with Crippen molar-refractivity contribution in [3.05, 3.63) is 29.6 Å². The second-order valence-corrected chi connectivity index (χ2v) is 4.24. The lowest BCUT2D eigenvalue weighted by Gasteiger charge is -2.13. The predicted molar refractivity (Wildman–Crippen MR) is 70.5 cm³/mol. The maximum Gasteiger partial charge on any atom is 0.131 e. The van der Waals surface area contributed by atoms with Gasteiger partial charge in [0.2, 0.25) is 0 Å². The highest BCUT2D eigenvalue weighted by atomic mass is 19.1. The highest BCUT2D eigenvalue weighted by Crippen LogP contribution is 2.21. The zero-order valence-corrected chi connectivity index (χ0v) is 11.3. The molecule has 0 spiro atoms. The van der Waals surface area contributed by atoms with Crippen molar-refractivity contribution in [2.45, 2.75) is 25.8 Å². The van der Waals surface area contributed by atoms with Crippen molar-refractivity contribution in [1.82, 2.24) is 5.32 Å². The molecule has 0 saturated carbocycles. The first-order valence-electron chi connectivity index (χ1n) is 6.27. The first-order valence-corrected chi connectivity index (χ1v) is 6.27. The Morgan fingerprint density at radius 3 is 2.61 bits per heavy atom. The molecular weight excluding hydrogens is 233 g/mol. The summed E-state index contributed by atoms with van der Waals surface area (Å²) in [6.45, 7) is 3.24. The largest absolute Gasteiger partial charge is 0.493 e. The van der Waals surface area contributed by atoms with Gasteiger partial charge in [0.25, 0.3) is 0 Å². The summed E-state index contributed by atoms with van der Waals surface area (Å²) >= 11 is 0. The lowest BCUT2D eigenvalue weighted by atomic mass is 10.1. The number of unbranched alkanes of at least 4 members (excludes halogenated alkanes) is 1. The molecule has 1 aromatic rings. The molecule has 102 valence electrons. The monoisotopic (exact) mass is 255 g/mol. The fourth-order valence-corrected chi connectivity index (χ4v) is 1.64. The minimum atomic E-state index is -0.230. The summed E-state index contributed by atoms with van der Waals surface area (Å²) in [6, 6.07) is 5.02. The Kier molecular flexibility index (Phi) is 6.68. The van der Waals surface area contributed by atoms with E-state index in [-0.39, 0.29) is 11.9 Å². The number of hydrogen-bond acceptors (Lipinski definition) is 3. The first-order chi connectivity index (χ1) is 8.69. The van der Waals surface area contributed by atoms with E-state index < -0.39 is 0 Å². The molecule has 0 aliphatic rings. The van der Waals surface area contributed by atoms with E-state index in [4.69, 9.17) is 9.47 Å².